The molecule has 0 spiro atoms. The first-order valence-corrected chi connectivity index (χ1v) is 14.7. The van der Waals surface area contributed by atoms with Crippen LogP contribution in [0, 0.1) is 0 Å². The molecule has 1 fully saturated rings. The molecule has 0 unspecified atom stereocenters. The zero-order valence-electron chi connectivity index (χ0n) is 22.4. The van der Waals surface area contributed by atoms with E-state index >= 15 is 0 Å². The number of rotatable bonds is 0. The molecular formula is C31H44N2O4. The summed E-state index contributed by atoms with van der Waals surface area (Å²) in [4.78, 5) is 4.81. The van der Waals surface area contributed by atoms with E-state index in [-0.39, 0.29) is 0 Å². The van der Waals surface area contributed by atoms with Crippen molar-refractivity contribution >= 4 is 11.4 Å². The van der Waals surface area contributed by atoms with E-state index in [1.165, 1.54) is 51.4 Å². The zero-order valence-corrected chi connectivity index (χ0v) is 22.4. The monoisotopic (exact) mass is 508 g/mol. The van der Waals surface area contributed by atoms with Crippen LogP contribution in [0.3, 0.4) is 0 Å². The van der Waals surface area contributed by atoms with E-state index in [1.807, 2.05) is 0 Å². The fourth-order valence-corrected chi connectivity index (χ4v) is 5.60. The zero-order chi connectivity index (χ0) is 25.1. The van der Waals surface area contributed by atoms with Crippen LogP contribution in [0.4, 0.5) is 11.4 Å². The molecule has 0 amide bonds. The van der Waals surface area contributed by atoms with Crippen LogP contribution in [0.2, 0.25) is 0 Å². The summed E-state index contributed by atoms with van der Waals surface area (Å²) in [5.41, 5.74) is 2.17. The SMILES string of the molecule is c1cc2c3c(c1)OCCCCCCCCOc1cccc(c1N1CCN3C1)OCCCCCCCCO2. The van der Waals surface area contributed by atoms with Crippen molar-refractivity contribution in [2.75, 3.05) is 56.0 Å². The second kappa shape index (κ2) is 13.7. The van der Waals surface area contributed by atoms with Gasteiger partial charge >= 0.3 is 0 Å². The third-order valence-electron chi connectivity index (χ3n) is 7.65. The Balaban J connectivity index is 1.49. The van der Waals surface area contributed by atoms with Gasteiger partial charge in [0.25, 0.3) is 0 Å². The molecule has 0 aliphatic carbocycles. The van der Waals surface area contributed by atoms with Crippen molar-refractivity contribution in [1.29, 1.82) is 0 Å². The van der Waals surface area contributed by atoms with Gasteiger partial charge in [-0.15, -0.1) is 0 Å². The van der Waals surface area contributed by atoms with E-state index in [2.05, 4.69) is 46.2 Å². The molecule has 37 heavy (non-hydrogen) atoms. The molecule has 0 N–H and O–H groups in total. The fraction of sp³-hybridized carbons (Fsp3) is 0.613. The van der Waals surface area contributed by atoms with Crippen molar-refractivity contribution in [3.63, 3.8) is 0 Å². The predicted octanol–water partition coefficient (Wildman–Crippen LogP) is 7.19. The second-order valence-electron chi connectivity index (χ2n) is 10.5. The lowest BCUT2D eigenvalue weighted by Crippen LogP contribution is -2.27. The van der Waals surface area contributed by atoms with Gasteiger partial charge in [0, 0.05) is 13.1 Å². The number of nitrogens with zero attached hydrogens (tertiary/aromatic N) is 2. The van der Waals surface area contributed by atoms with Crippen LogP contribution in [-0.2, 0) is 0 Å². The Morgan fingerprint density at radius 2 is 0.703 bits per heavy atom. The van der Waals surface area contributed by atoms with Gasteiger partial charge in [0.15, 0.2) is 0 Å². The highest BCUT2D eigenvalue weighted by atomic mass is 16.5. The Morgan fingerprint density at radius 3 is 1.03 bits per heavy atom. The summed E-state index contributed by atoms with van der Waals surface area (Å²) in [7, 11) is 0. The third-order valence-corrected chi connectivity index (χ3v) is 7.65. The van der Waals surface area contributed by atoms with Crippen molar-refractivity contribution in [1.82, 2.24) is 0 Å². The van der Waals surface area contributed by atoms with E-state index in [1.54, 1.807) is 0 Å². The number of benzene rings is 2. The third kappa shape index (κ3) is 6.97. The van der Waals surface area contributed by atoms with Gasteiger partial charge in [0.2, 0.25) is 0 Å². The van der Waals surface area contributed by atoms with Gasteiger partial charge in [0.1, 0.15) is 34.4 Å². The van der Waals surface area contributed by atoms with Gasteiger partial charge in [-0.3, -0.25) is 0 Å². The first kappa shape index (κ1) is 25.9. The Kier molecular flexibility index (Phi) is 9.57. The van der Waals surface area contributed by atoms with E-state index in [0.29, 0.717) is 0 Å². The van der Waals surface area contributed by atoms with Crippen LogP contribution in [0.15, 0.2) is 36.4 Å². The first-order chi connectivity index (χ1) is 18.4. The van der Waals surface area contributed by atoms with E-state index in [4.69, 9.17) is 18.9 Å². The Bertz CT molecular complexity index is 844. The number of anilines is 2. The predicted molar refractivity (Wildman–Crippen MR) is 150 cm³/mol. The minimum absolute atomic E-state index is 0.744. The normalized spacial score (nSPS) is 20.2. The number of hydrogen-bond donors (Lipinski definition) is 0. The number of ether oxygens (including phenoxy) is 4. The molecular weight excluding hydrogens is 464 g/mol. The summed E-state index contributed by atoms with van der Waals surface area (Å²) in [6, 6.07) is 12.6. The minimum Gasteiger partial charge on any atom is -0.491 e. The summed E-state index contributed by atoms with van der Waals surface area (Å²) in [5, 5.41) is 0. The Morgan fingerprint density at radius 1 is 0.405 bits per heavy atom. The molecule has 2 aromatic rings. The molecule has 3 heterocycles. The summed E-state index contributed by atoms with van der Waals surface area (Å²) < 4.78 is 25.6. The molecule has 2 aromatic carbocycles. The molecule has 0 saturated carbocycles. The van der Waals surface area contributed by atoms with E-state index in [9.17, 15) is 0 Å². The lowest BCUT2D eigenvalue weighted by atomic mass is 10.1. The van der Waals surface area contributed by atoms with Gasteiger partial charge in [-0.1, -0.05) is 63.5 Å². The van der Waals surface area contributed by atoms with Gasteiger partial charge < -0.3 is 28.7 Å². The molecule has 202 valence electrons. The van der Waals surface area contributed by atoms with Crippen molar-refractivity contribution < 1.29 is 18.9 Å². The molecule has 0 atom stereocenters. The average Bonchev–Trinajstić information content (AvgIpc) is 3.39. The van der Waals surface area contributed by atoms with E-state index < -0.39 is 0 Å². The molecule has 3 aliphatic heterocycles. The highest BCUT2D eigenvalue weighted by Crippen LogP contribution is 2.44. The largest absolute Gasteiger partial charge is 0.491 e. The van der Waals surface area contributed by atoms with Crippen LogP contribution < -0.4 is 28.7 Å². The molecule has 1 saturated heterocycles. The molecule has 6 nitrogen and oxygen atoms in total. The second-order valence-corrected chi connectivity index (χ2v) is 10.5. The highest BCUT2D eigenvalue weighted by molar-refractivity contribution is 5.73. The summed E-state index contributed by atoms with van der Waals surface area (Å²) in [6.07, 6.45) is 14.1. The number of para-hydroxylation sites is 2. The lowest BCUT2D eigenvalue weighted by Gasteiger charge is -2.27. The van der Waals surface area contributed by atoms with Gasteiger partial charge in [-0.2, -0.15) is 0 Å². The fourth-order valence-electron chi connectivity index (χ4n) is 5.60. The van der Waals surface area contributed by atoms with Crippen molar-refractivity contribution in [3.8, 4) is 23.0 Å². The molecule has 3 aliphatic rings. The van der Waals surface area contributed by atoms with Crippen LogP contribution in [-0.4, -0.2) is 46.2 Å². The summed E-state index contributed by atoms with van der Waals surface area (Å²) in [5.74, 6) is 3.73. The highest BCUT2D eigenvalue weighted by Gasteiger charge is 2.29. The van der Waals surface area contributed by atoms with Gasteiger partial charge in [-0.05, 0) is 49.9 Å². The Labute approximate surface area is 222 Å². The van der Waals surface area contributed by atoms with E-state index in [0.717, 1.165) is 106 Å². The van der Waals surface area contributed by atoms with Crippen LogP contribution in [0.5, 0.6) is 23.0 Å². The van der Waals surface area contributed by atoms with Crippen molar-refractivity contribution in [2.24, 2.45) is 0 Å². The van der Waals surface area contributed by atoms with Crippen molar-refractivity contribution in [2.45, 2.75) is 77.0 Å². The summed E-state index contributed by atoms with van der Waals surface area (Å²) in [6.45, 7) is 5.52. The van der Waals surface area contributed by atoms with Crippen LogP contribution >= 0.6 is 0 Å². The topological polar surface area (TPSA) is 43.4 Å². The lowest BCUT2D eigenvalue weighted by molar-refractivity contribution is 0.284. The molecule has 0 aromatic heterocycles. The smallest absolute Gasteiger partial charge is 0.146 e. The minimum atomic E-state index is 0.744. The van der Waals surface area contributed by atoms with Gasteiger partial charge in [-0.25, -0.2) is 0 Å². The first-order valence-electron chi connectivity index (χ1n) is 14.7. The maximum absolute atomic E-state index is 6.40. The number of hydrogen-bond acceptors (Lipinski definition) is 6. The average molecular weight is 509 g/mol. The quantitative estimate of drug-likeness (QED) is 0.375. The molecule has 0 radical (unpaired) electrons. The molecule has 5 rings (SSSR count). The van der Waals surface area contributed by atoms with Crippen LogP contribution in [0.25, 0.3) is 0 Å². The Hall–Kier alpha value is -2.76. The standard InChI is InChI=1S/C31H44N2O4/c1-2-6-10-22-35-27-16-14-18-29-31(27)33-20-19-32(25-33)30-26(34-21-9-5-1)15-13-17-28(30)36-23-11-7-3-4-8-12-24-37-29/h13-18H,1-12,19-25H2. The van der Waals surface area contributed by atoms with Crippen LogP contribution in [0.1, 0.15) is 77.0 Å². The van der Waals surface area contributed by atoms with Gasteiger partial charge in [0.05, 0.1) is 33.1 Å². The molecule has 6 heteroatoms. The van der Waals surface area contributed by atoms with Crippen molar-refractivity contribution in [3.05, 3.63) is 36.4 Å². The maximum Gasteiger partial charge on any atom is 0.146 e. The molecule has 4 bridgehead atoms. The maximum atomic E-state index is 6.40. The summed E-state index contributed by atoms with van der Waals surface area (Å²) >= 11 is 0.